The van der Waals surface area contributed by atoms with Crippen molar-refractivity contribution in [2.75, 3.05) is 6.54 Å². The first-order valence-corrected chi connectivity index (χ1v) is 7.56. The van der Waals surface area contributed by atoms with Crippen molar-refractivity contribution in [3.05, 3.63) is 64.1 Å². The molecule has 0 aliphatic rings. The van der Waals surface area contributed by atoms with Gasteiger partial charge in [0.15, 0.2) is 0 Å². The standard InChI is InChI=1S/C15H16BrNS/c1-11-6-2-3-7-12(11)15(10-17)18-14-9-5-4-8-13(14)16/h2-9,15H,10,17H2,1H3. The first-order valence-electron chi connectivity index (χ1n) is 5.89. The minimum absolute atomic E-state index is 0.296. The lowest BCUT2D eigenvalue weighted by Crippen LogP contribution is -2.10. The second kappa shape index (κ2) is 6.41. The monoisotopic (exact) mass is 321 g/mol. The van der Waals surface area contributed by atoms with Crippen molar-refractivity contribution in [3.8, 4) is 0 Å². The molecule has 0 aliphatic heterocycles. The first-order chi connectivity index (χ1) is 8.72. The van der Waals surface area contributed by atoms with Crippen molar-refractivity contribution in [2.45, 2.75) is 17.1 Å². The highest BCUT2D eigenvalue weighted by Gasteiger charge is 2.14. The van der Waals surface area contributed by atoms with Gasteiger partial charge in [-0.3, -0.25) is 0 Å². The zero-order valence-electron chi connectivity index (χ0n) is 10.3. The van der Waals surface area contributed by atoms with Crippen LogP contribution in [0.5, 0.6) is 0 Å². The average molecular weight is 322 g/mol. The molecule has 0 heterocycles. The number of benzene rings is 2. The van der Waals surface area contributed by atoms with Crippen LogP contribution in [-0.4, -0.2) is 6.54 Å². The van der Waals surface area contributed by atoms with Crippen LogP contribution in [-0.2, 0) is 0 Å². The molecule has 0 bridgehead atoms. The molecule has 0 aromatic heterocycles. The summed E-state index contributed by atoms with van der Waals surface area (Å²) in [6.45, 7) is 2.77. The number of hydrogen-bond donors (Lipinski definition) is 1. The van der Waals surface area contributed by atoms with Gasteiger partial charge in [0.25, 0.3) is 0 Å². The summed E-state index contributed by atoms with van der Waals surface area (Å²) in [7, 11) is 0. The number of thioether (sulfide) groups is 1. The average Bonchev–Trinajstić information content (AvgIpc) is 2.39. The van der Waals surface area contributed by atoms with E-state index in [1.54, 1.807) is 0 Å². The summed E-state index contributed by atoms with van der Waals surface area (Å²) in [6.07, 6.45) is 0. The Balaban J connectivity index is 2.26. The third-order valence-corrected chi connectivity index (χ3v) is 5.15. The maximum absolute atomic E-state index is 5.94. The van der Waals surface area contributed by atoms with E-state index in [0.29, 0.717) is 11.8 Å². The highest BCUT2D eigenvalue weighted by Crippen LogP contribution is 2.38. The molecule has 2 rings (SSSR count). The molecule has 0 saturated carbocycles. The smallest absolute Gasteiger partial charge is 0.0469 e. The molecular weight excluding hydrogens is 306 g/mol. The van der Waals surface area contributed by atoms with E-state index in [0.717, 1.165) is 4.47 Å². The predicted octanol–water partition coefficient (Wildman–Crippen LogP) is 4.55. The van der Waals surface area contributed by atoms with Crippen molar-refractivity contribution < 1.29 is 0 Å². The number of aryl methyl sites for hydroxylation is 1. The van der Waals surface area contributed by atoms with Gasteiger partial charge < -0.3 is 5.73 Å². The maximum Gasteiger partial charge on any atom is 0.0469 e. The van der Waals surface area contributed by atoms with E-state index >= 15 is 0 Å². The Kier molecular flexibility index (Phi) is 4.87. The summed E-state index contributed by atoms with van der Waals surface area (Å²) in [5.41, 5.74) is 8.55. The van der Waals surface area contributed by atoms with Crippen LogP contribution in [0.2, 0.25) is 0 Å². The lowest BCUT2D eigenvalue weighted by molar-refractivity contribution is 0.930. The summed E-state index contributed by atoms with van der Waals surface area (Å²) in [4.78, 5) is 1.23. The number of nitrogens with two attached hydrogens (primary N) is 1. The minimum atomic E-state index is 0.296. The molecule has 1 unspecified atom stereocenters. The van der Waals surface area contributed by atoms with E-state index < -0.39 is 0 Å². The van der Waals surface area contributed by atoms with Gasteiger partial charge in [-0.1, -0.05) is 36.4 Å². The zero-order valence-corrected chi connectivity index (χ0v) is 12.7. The molecule has 0 radical (unpaired) electrons. The number of hydrogen-bond acceptors (Lipinski definition) is 2. The lowest BCUT2D eigenvalue weighted by Gasteiger charge is -2.17. The molecular formula is C15H16BrNS. The Morgan fingerprint density at radius 2 is 1.78 bits per heavy atom. The summed E-state index contributed by atoms with van der Waals surface area (Å²) in [5.74, 6) is 0. The van der Waals surface area contributed by atoms with Gasteiger partial charge in [-0.15, -0.1) is 11.8 Å². The molecule has 2 aromatic rings. The predicted molar refractivity (Wildman–Crippen MR) is 83.0 cm³/mol. The maximum atomic E-state index is 5.94. The second-order valence-corrected chi connectivity index (χ2v) is 6.23. The summed E-state index contributed by atoms with van der Waals surface area (Å²) < 4.78 is 1.13. The van der Waals surface area contributed by atoms with E-state index in [-0.39, 0.29) is 0 Å². The largest absolute Gasteiger partial charge is 0.329 e. The van der Waals surface area contributed by atoms with Crippen LogP contribution in [0.3, 0.4) is 0 Å². The van der Waals surface area contributed by atoms with Crippen LogP contribution in [0.25, 0.3) is 0 Å². The Labute approximate surface area is 121 Å². The Morgan fingerprint density at radius 3 is 2.44 bits per heavy atom. The van der Waals surface area contributed by atoms with Gasteiger partial charge in [-0.2, -0.15) is 0 Å². The van der Waals surface area contributed by atoms with Crippen LogP contribution in [0.15, 0.2) is 57.9 Å². The van der Waals surface area contributed by atoms with Gasteiger partial charge in [0.05, 0.1) is 0 Å². The van der Waals surface area contributed by atoms with Crippen molar-refractivity contribution in [3.63, 3.8) is 0 Å². The van der Waals surface area contributed by atoms with Crippen LogP contribution in [0.4, 0.5) is 0 Å². The van der Waals surface area contributed by atoms with Crippen LogP contribution in [0, 0.1) is 6.92 Å². The number of halogens is 1. The molecule has 18 heavy (non-hydrogen) atoms. The third kappa shape index (κ3) is 3.16. The van der Waals surface area contributed by atoms with Gasteiger partial charge >= 0.3 is 0 Å². The molecule has 0 amide bonds. The third-order valence-electron chi connectivity index (χ3n) is 2.86. The number of rotatable bonds is 4. The van der Waals surface area contributed by atoms with Crippen molar-refractivity contribution >= 4 is 27.7 Å². The highest BCUT2D eigenvalue weighted by atomic mass is 79.9. The van der Waals surface area contributed by atoms with E-state index in [9.17, 15) is 0 Å². The normalized spacial score (nSPS) is 12.4. The lowest BCUT2D eigenvalue weighted by atomic mass is 10.1. The molecule has 0 saturated heterocycles. The van der Waals surface area contributed by atoms with Crippen molar-refractivity contribution in [2.24, 2.45) is 5.73 Å². The van der Waals surface area contributed by atoms with Gasteiger partial charge in [0.2, 0.25) is 0 Å². The Morgan fingerprint density at radius 1 is 1.11 bits per heavy atom. The van der Waals surface area contributed by atoms with E-state index in [1.807, 2.05) is 17.8 Å². The molecule has 2 N–H and O–H groups in total. The van der Waals surface area contributed by atoms with Gasteiger partial charge in [0.1, 0.15) is 0 Å². The van der Waals surface area contributed by atoms with Crippen LogP contribution in [0.1, 0.15) is 16.4 Å². The highest BCUT2D eigenvalue weighted by molar-refractivity contribution is 9.10. The molecule has 0 spiro atoms. The first kappa shape index (κ1) is 13.7. The quantitative estimate of drug-likeness (QED) is 0.836. The molecule has 0 fully saturated rings. The van der Waals surface area contributed by atoms with E-state index in [1.165, 1.54) is 16.0 Å². The summed E-state index contributed by atoms with van der Waals surface area (Å²) in [5, 5.41) is 0.296. The minimum Gasteiger partial charge on any atom is -0.329 e. The Hall–Kier alpha value is -0.770. The molecule has 1 nitrogen and oxygen atoms in total. The van der Waals surface area contributed by atoms with Crippen molar-refractivity contribution in [1.29, 1.82) is 0 Å². The van der Waals surface area contributed by atoms with Crippen molar-refractivity contribution in [1.82, 2.24) is 0 Å². The van der Waals surface area contributed by atoms with Gasteiger partial charge in [-0.25, -0.2) is 0 Å². The molecule has 94 valence electrons. The topological polar surface area (TPSA) is 26.0 Å². The van der Waals surface area contributed by atoms with E-state index in [4.69, 9.17) is 5.73 Å². The van der Waals surface area contributed by atoms with Gasteiger partial charge in [-0.05, 0) is 46.1 Å². The molecule has 2 aromatic carbocycles. The molecule has 1 atom stereocenters. The van der Waals surface area contributed by atoms with Crippen LogP contribution >= 0.6 is 27.7 Å². The fraction of sp³-hybridized carbons (Fsp3) is 0.200. The second-order valence-electron chi connectivity index (χ2n) is 4.13. The Bertz CT molecular complexity index is 527. The fourth-order valence-electron chi connectivity index (χ4n) is 1.88. The SMILES string of the molecule is Cc1ccccc1C(CN)Sc1ccccc1Br. The van der Waals surface area contributed by atoms with Gasteiger partial charge in [0, 0.05) is 21.2 Å². The molecule has 0 aliphatic carbocycles. The zero-order chi connectivity index (χ0) is 13.0. The summed E-state index contributed by atoms with van der Waals surface area (Å²) in [6, 6.07) is 16.7. The van der Waals surface area contributed by atoms with E-state index in [2.05, 4.69) is 65.3 Å². The summed E-state index contributed by atoms with van der Waals surface area (Å²) >= 11 is 5.39. The van der Waals surface area contributed by atoms with Crippen LogP contribution < -0.4 is 5.73 Å². The fourth-order valence-corrected chi connectivity index (χ4v) is 3.58. The molecule has 3 heteroatoms.